The third kappa shape index (κ3) is 1.52. The first-order chi connectivity index (χ1) is 7.75. The SMILES string of the molecule is OCC1(c2cc(Br)c3c(c2)OCCO3)CC1. The van der Waals surface area contributed by atoms with Crippen molar-refractivity contribution < 1.29 is 14.6 Å². The van der Waals surface area contributed by atoms with Crippen molar-refractivity contribution in [2.75, 3.05) is 19.8 Å². The molecule has 0 unspecified atom stereocenters. The van der Waals surface area contributed by atoms with Crippen molar-refractivity contribution in [1.82, 2.24) is 0 Å². The Morgan fingerprint density at radius 1 is 1.25 bits per heavy atom. The van der Waals surface area contributed by atoms with Crippen molar-refractivity contribution >= 4 is 15.9 Å². The van der Waals surface area contributed by atoms with Crippen LogP contribution in [0.4, 0.5) is 0 Å². The molecule has 86 valence electrons. The first-order valence-electron chi connectivity index (χ1n) is 5.46. The Morgan fingerprint density at radius 2 is 2.00 bits per heavy atom. The molecule has 0 atom stereocenters. The lowest BCUT2D eigenvalue weighted by molar-refractivity contribution is 0.169. The van der Waals surface area contributed by atoms with E-state index in [1.54, 1.807) is 0 Å². The molecule has 0 amide bonds. The molecule has 3 nitrogen and oxygen atoms in total. The van der Waals surface area contributed by atoms with Crippen LogP contribution in [-0.2, 0) is 5.41 Å². The van der Waals surface area contributed by atoms with Crippen LogP contribution in [0.2, 0.25) is 0 Å². The van der Waals surface area contributed by atoms with E-state index in [0.717, 1.165) is 34.4 Å². The Morgan fingerprint density at radius 3 is 2.69 bits per heavy atom. The number of aliphatic hydroxyl groups is 1. The van der Waals surface area contributed by atoms with Gasteiger partial charge in [0.05, 0.1) is 11.1 Å². The largest absolute Gasteiger partial charge is 0.486 e. The monoisotopic (exact) mass is 284 g/mol. The number of ether oxygens (including phenoxy) is 2. The third-order valence-corrected chi connectivity index (χ3v) is 3.95. The fourth-order valence-corrected chi connectivity index (χ4v) is 2.66. The molecule has 1 aliphatic heterocycles. The second kappa shape index (κ2) is 3.64. The standard InChI is InChI=1S/C12H13BrO3/c13-9-5-8(12(7-14)1-2-12)6-10-11(9)16-4-3-15-10/h5-6,14H,1-4,7H2. The average molecular weight is 285 g/mol. The Hall–Kier alpha value is -0.740. The quantitative estimate of drug-likeness (QED) is 0.905. The summed E-state index contributed by atoms with van der Waals surface area (Å²) in [6.07, 6.45) is 2.10. The molecule has 0 saturated heterocycles. The van der Waals surface area contributed by atoms with Crippen LogP contribution in [-0.4, -0.2) is 24.9 Å². The topological polar surface area (TPSA) is 38.7 Å². The van der Waals surface area contributed by atoms with Gasteiger partial charge in [0.2, 0.25) is 0 Å². The molecule has 1 N–H and O–H groups in total. The predicted molar refractivity (Wildman–Crippen MR) is 63.1 cm³/mol. The second-order valence-electron chi connectivity index (χ2n) is 4.42. The minimum absolute atomic E-state index is 0.0294. The molecule has 1 fully saturated rings. The van der Waals surface area contributed by atoms with E-state index in [0.29, 0.717) is 13.2 Å². The molecule has 1 aromatic rings. The summed E-state index contributed by atoms with van der Waals surface area (Å²) in [5, 5.41) is 9.42. The van der Waals surface area contributed by atoms with Crippen molar-refractivity contribution in [2.24, 2.45) is 0 Å². The van der Waals surface area contributed by atoms with Crippen LogP contribution >= 0.6 is 15.9 Å². The van der Waals surface area contributed by atoms with Crippen LogP contribution in [0.25, 0.3) is 0 Å². The van der Waals surface area contributed by atoms with Gasteiger partial charge >= 0.3 is 0 Å². The normalized spacial score (nSPS) is 20.6. The summed E-state index contributed by atoms with van der Waals surface area (Å²) in [7, 11) is 0. The van der Waals surface area contributed by atoms with Crippen LogP contribution in [0.5, 0.6) is 11.5 Å². The molecule has 16 heavy (non-hydrogen) atoms. The maximum Gasteiger partial charge on any atom is 0.175 e. The number of rotatable bonds is 2. The van der Waals surface area contributed by atoms with Gasteiger partial charge in [0, 0.05) is 5.41 Å². The third-order valence-electron chi connectivity index (χ3n) is 3.37. The molecule has 0 spiro atoms. The van der Waals surface area contributed by atoms with Crippen LogP contribution in [0.15, 0.2) is 16.6 Å². The number of halogens is 1. The van der Waals surface area contributed by atoms with Crippen molar-refractivity contribution in [2.45, 2.75) is 18.3 Å². The summed E-state index contributed by atoms with van der Waals surface area (Å²) in [4.78, 5) is 0. The fourth-order valence-electron chi connectivity index (χ4n) is 2.11. The van der Waals surface area contributed by atoms with Gasteiger partial charge in [-0.1, -0.05) is 0 Å². The molecule has 0 aromatic heterocycles. The highest BCUT2D eigenvalue weighted by Crippen LogP contribution is 2.51. The first-order valence-corrected chi connectivity index (χ1v) is 6.25. The Labute approximate surface area is 102 Å². The summed E-state index contributed by atoms with van der Waals surface area (Å²) in [5.41, 5.74) is 1.12. The molecule has 1 heterocycles. The Bertz CT molecular complexity index is 427. The van der Waals surface area contributed by atoms with E-state index in [1.807, 2.05) is 12.1 Å². The number of hydrogen-bond acceptors (Lipinski definition) is 3. The van der Waals surface area contributed by atoms with Crippen LogP contribution in [0, 0.1) is 0 Å². The molecule has 3 rings (SSSR count). The highest BCUT2D eigenvalue weighted by molar-refractivity contribution is 9.10. The van der Waals surface area contributed by atoms with Crippen LogP contribution in [0.1, 0.15) is 18.4 Å². The lowest BCUT2D eigenvalue weighted by Gasteiger charge is -2.22. The number of hydrogen-bond donors (Lipinski definition) is 1. The second-order valence-corrected chi connectivity index (χ2v) is 5.28. The highest BCUT2D eigenvalue weighted by atomic mass is 79.9. The molecular formula is C12H13BrO3. The van der Waals surface area contributed by atoms with E-state index in [1.165, 1.54) is 0 Å². The van der Waals surface area contributed by atoms with Gasteiger partial charge in [0.1, 0.15) is 13.2 Å². The molecule has 0 bridgehead atoms. The number of fused-ring (bicyclic) bond motifs is 1. The zero-order valence-corrected chi connectivity index (χ0v) is 10.4. The molecule has 0 radical (unpaired) electrons. The lowest BCUT2D eigenvalue weighted by Crippen LogP contribution is -2.18. The van der Waals surface area contributed by atoms with Gasteiger partial charge in [-0.25, -0.2) is 0 Å². The van der Waals surface area contributed by atoms with Gasteiger partial charge in [0.25, 0.3) is 0 Å². The van der Waals surface area contributed by atoms with Crippen LogP contribution < -0.4 is 9.47 Å². The van der Waals surface area contributed by atoms with Gasteiger partial charge in [-0.05, 0) is 46.5 Å². The van der Waals surface area contributed by atoms with Gasteiger partial charge in [-0.15, -0.1) is 0 Å². The van der Waals surface area contributed by atoms with Crippen molar-refractivity contribution in [3.8, 4) is 11.5 Å². The zero-order valence-electron chi connectivity index (χ0n) is 8.83. The average Bonchev–Trinajstić information content (AvgIpc) is 3.10. The summed E-state index contributed by atoms with van der Waals surface area (Å²) in [6, 6.07) is 4.04. The zero-order chi connectivity index (χ0) is 11.2. The smallest absolute Gasteiger partial charge is 0.175 e. The summed E-state index contributed by atoms with van der Waals surface area (Å²) >= 11 is 3.50. The number of benzene rings is 1. The maximum atomic E-state index is 9.42. The van der Waals surface area contributed by atoms with E-state index in [-0.39, 0.29) is 12.0 Å². The maximum absolute atomic E-state index is 9.42. The van der Waals surface area contributed by atoms with Crippen molar-refractivity contribution in [3.63, 3.8) is 0 Å². The fraction of sp³-hybridized carbons (Fsp3) is 0.500. The Kier molecular flexibility index (Phi) is 2.37. The Balaban J connectivity index is 2.05. The van der Waals surface area contributed by atoms with E-state index in [9.17, 15) is 5.11 Å². The number of aliphatic hydroxyl groups excluding tert-OH is 1. The van der Waals surface area contributed by atoms with Crippen LogP contribution in [0.3, 0.4) is 0 Å². The summed E-state index contributed by atoms with van der Waals surface area (Å²) < 4.78 is 12.0. The van der Waals surface area contributed by atoms with E-state index >= 15 is 0 Å². The van der Waals surface area contributed by atoms with E-state index < -0.39 is 0 Å². The molecule has 1 aliphatic carbocycles. The van der Waals surface area contributed by atoms with E-state index in [4.69, 9.17) is 9.47 Å². The summed E-state index contributed by atoms with van der Waals surface area (Å²) in [6.45, 7) is 1.39. The first kappa shape index (κ1) is 10.4. The van der Waals surface area contributed by atoms with Gasteiger partial charge in [-0.3, -0.25) is 0 Å². The van der Waals surface area contributed by atoms with Gasteiger partial charge in [0.15, 0.2) is 11.5 Å². The molecule has 1 aromatic carbocycles. The van der Waals surface area contributed by atoms with Gasteiger partial charge < -0.3 is 14.6 Å². The highest BCUT2D eigenvalue weighted by Gasteiger charge is 2.44. The summed E-state index contributed by atoms with van der Waals surface area (Å²) in [5.74, 6) is 1.57. The molecule has 1 saturated carbocycles. The van der Waals surface area contributed by atoms with Gasteiger partial charge in [-0.2, -0.15) is 0 Å². The molecule has 2 aliphatic rings. The molecule has 4 heteroatoms. The predicted octanol–water partition coefficient (Wildman–Crippen LogP) is 2.24. The molecular weight excluding hydrogens is 272 g/mol. The van der Waals surface area contributed by atoms with Crippen molar-refractivity contribution in [3.05, 3.63) is 22.2 Å². The minimum atomic E-state index is -0.0294. The minimum Gasteiger partial charge on any atom is -0.486 e. The van der Waals surface area contributed by atoms with E-state index in [2.05, 4.69) is 15.9 Å². The van der Waals surface area contributed by atoms with Crippen molar-refractivity contribution in [1.29, 1.82) is 0 Å². The lowest BCUT2D eigenvalue weighted by atomic mass is 9.96.